The summed E-state index contributed by atoms with van der Waals surface area (Å²) in [5, 5.41) is 2.38. The molecule has 3 amide bonds. The molecule has 12 heteroatoms. The molecular weight excluding hydrogens is 720 g/mol. The second kappa shape index (κ2) is 13.7. The first kappa shape index (κ1) is 36.6. The third kappa shape index (κ3) is 6.62. The molecule has 11 nitrogen and oxygen atoms in total. The molecule has 7 aliphatic rings. The smallest absolute Gasteiger partial charge is 0.255 e. The van der Waals surface area contributed by atoms with E-state index in [9.17, 15) is 14.4 Å². The Kier molecular flexibility index (Phi) is 8.82. The highest BCUT2D eigenvalue weighted by Gasteiger charge is 2.52. The van der Waals surface area contributed by atoms with E-state index >= 15 is 4.39 Å². The van der Waals surface area contributed by atoms with Gasteiger partial charge in [0.2, 0.25) is 11.8 Å². The topological polar surface area (TPSA) is 105 Å². The number of piperidine rings is 2. The summed E-state index contributed by atoms with van der Waals surface area (Å²) >= 11 is 0. The summed E-state index contributed by atoms with van der Waals surface area (Å²) in [6.07, 6.45) is 8.62. The first-order valence-electron chi connectivity index (χ1n) is 21.0. The van der Waals surface area contributed by atoms with Crippen LogP contribution in [0.3, 0.4) is 0 Å². The number of rotatable bonds is 8. The van der Waals surface area contributed by atoms with Gasteiger partial charge in [-0.15, -0.1) is 0 Å². The summed E-state index contributed by atoms with van der Waals surface area (Å²) in [5.74, 6) is 0.829. The van der Waals surface area contributed by atoms with Crippen molar-refractivity contribution in [1.82, 2.24) is 30.0 Å². The Morgan fingerprint density at radius 3 is 2.44 bits per heavy atom. The molecule has 10 rings (SSSR count). The minimum absolute atomic E-state index is 0.0853. The van der Waals surface area contributed by atoms with E-state index in [1.807, 2.05) is 24.5 Å². The van der Waals surface area contributed by atoms with E-state index in [2.05, 4.69) is 62.2 Å². The van der Waals surface area contributed by atoms with E-state index in [0.29, 0.717) is 36.4 Å². The lowest BCUT2D eigenvalue weighted by atomic mass is 9.72. The van der Waals surface area contributed by atoms with Crippen molar-refractivity contribution >= 4 is 34.8 Å². The molecule has 0 radical (unpaired) electrons. The molecule has 1 spiro atoms. The summed E-state index contributed by atoms with van der Waals surface area (Å²) in [6, 6.07) is 14.3. The number of halogens is 1. The van der Waals surface area contributed by atoms with E-state index in [0.717, 1.165) is 94.3 Å². The first-order valence-corrected chi connectivity index (χ1v) is 21.0. The Hall–Kier alpha value is -4.68. The third-order valence-electron chi connectivity index (χ3n) is 13.8. The number of carbonyl (C=O) groups is 3. The largest absolute Gasteiger partial charge is 0.370 e. The number of aromatic nitrogens is 2. The van der Waals surface area contributed by atoms with Crippen LogP contribution in [0.4, 0.5) is 15.9 Å². The van der Waals surface area contributed by atoms with E-state index in [4.69, 9.17) is 9.97 Å². The van der Waals surface area contributed by atoms with Gasteiger partial charge >= 0.3 is 0 Å². The summed E-state index contributed by atoms with van der Waals surface area (Å²) in [5.41, 5.74) is 8.16. The van der Waals surface area contributed by atoms with Crippen LogP contribution in [-0.4, -0.2) is 112 Å². The van der Waals surface area contributed by atoms with Crippen LogP contribution in [0.25, 0.3) is 5.57 Å². The Balaban J connectivity index is 0.716. The molecule has 3 atom stereocenters. The van der Waals surface area contributed by atoms with Crippen LogP contribution < -0.4 is 15.1 Å². The number of alkyl halides is 1. The molecule has 4 fully saturated rings. The normalized spacial score (nSPS) is 26.4. The number of nitrogens with one attached hydrogen (secondary N) is 1. The van der Waals surface area contributed by atoms with Crippen LogP contribution in [0.15, 0.2) is 60.4 Å². The molecule has 3 aromatic rings. The van der Waals surface area contributed by atoms with Crippen LogP contribution in [-0.2, 0) is 22.6 Å². The highest BCUT2D eigenvalue weighted by molar-refractivity contribution is 6.05. The maximum absolute atomic E-state index is 15.2. The molecule has 1 aliphatic carbocycles. The Morgan fingerprint density at radius 1 is 0.912 bits per heavy atom. The standard InChI is InChI=1S/C45H53FN8O3/c1-28-16-35-33-7-5-4-6-30(33)18-36(35)41(54(28)23-44(2,3)46)37-19-48-39(20-47-37)51-14-12-29(13-15-51)21-50-24-45(25-50)26-52(27-45)32-8-9-34-31(17-32)22-53(43(34)57)38-10-11-40(55)49-42(38)56/h4-9,17,19-20,28-29,38,41H,10-16,18,21-27H2,1-3H3,(H,49,55,56)/t28-,38?,41+/m1/s1. The number of imide groups is 1. The highest BCUT2D eigenvalue weighted by atomic mass is 19.1. The zero-order valence-electron chi connectivity index (χ0n) is 33.3. The number of anilines is 2. The maximum atomic E-state index is 15.2. The zero-order valence-corrected chi connectivity index (χ0v) is 33.3. The van der Waals surface area contributed by atoms with Gasteiger partial charge in [-0.3, -0.25) is 29.6 Å². The van der Waals surface area contributed by atoms with Gasteiger partial charge in [0.25, 0.3) is 5.91 Å². The number of hydrogen-bond donors (Lipinski definition) is 1. The predicted molar refractivity (Wildman–Crippen MR) is 216 cm³/mol. The fraction of sp³-hybridized carbons (Fsp3) is 0.533. The maximum Gasteiger partial charge on any atom is 0.255 e. The molecule has 0 bridgehead atoms. The van der Waals surface area contributed by atoms with E-state index in [1.165, 1.54) is 22.3 Å². The van der Waals surface area contributed by atoms with Gasteiger partial charge in [0.15, 0.2) is 0 Å². The molecule has 6 aliphatic heterocycles. The minimum Gasteiger partial charge on any atom is -0.370 e. The summed E-state index contributed by atoms with van der Waals surface area (Å²) in [4.78, 5) is 58.6. The van der Waals surface area contributed by atoms with Gasteiger partial charge in [0.1, 0.15) is 17.5 Å². The van der Waals surface area contributed by atoms with Gasteiger partial charge in [-0.1, -0.05) is 24.3 Å². The van der Waals surface area contributed by atoms with Crippen LogP contribution >= 0.6 is 0 Å². The van der Waals surface area contributed by atoms with Gasteiger partial charge in [-0.25, -0.2) is 9.37 Å². The van der Waals surface area contributed by atoms with Crippen molar-refractivity contribution in [1.29, 1.82) is 0 Å². The lowest BCUT2D eigenvalue weighted by Crippen LogP contribution is -2.72. The molecular formula is C45H53FN8O3. The molecule has 1 unspecified atom stereocenters. The number of amides is 3. The Labute approximate surface area is 334 Å². The molecule has 57 heavy (non-hydrogen) atoms. The second-order valence-electron chi connectivity index (χ2n) is 18.7. The van der Waals surface area contributed by atoms with Crippen LogP contribution in [0, 0.1) is 11.3 Å². The van der Waals surface area contributed by atoms with Crippen molar-refractivity contribution < 1.29 is 18.8 Å². The summed E-state index contributed by atoms with van der Waals surface area (Å²) in [6.45, 7) is 13.7. The second-order valence-corrected chi connectivity index (χ2v) is 18.7. The highest BCUT2D eigenvalue weighted by Crippen LogP contribution is 2.49. The molecule has 7 heterocycles. The first-order chi connectivity index (χ1) is 27.4. The van der Waals surface area contributed by atoms with E-state index < -0.39 is 11.7 Å². The van der Waals surface area contributed by atoms with Crippen molar-refractivity contribution in [2.45, 2.75) is 89.6 Å². The summed E-state index contributed by atoms with van der Waals surface area (Å²) in [7, 11) is 0. The average Bonchev–Trinajstić information content (AvgIpc) is 3.68. The minimum atomic E-state index is -1.32. The van der Waals surface area contributed by atoms with Crippen LogP contribution in [0.1, 0.15) is 91.7 Å². The van der Waals surface area contributed by atoms with Crippen molar-refractivity contribution in [2.24, 2.45) is 11.3 Å². The molecule has 1 aromatic heterocycles. The van der Waals surface area contributed by atoms with Crippen molar-refractivity contribution in [3.05, 3.63) is 88.4 Å². The number of carbonyl (C=O) groups excluding carboxylic acids is 3. The SMILES string of the molecule is C[C@@H]1CC2=C(Cc3ccccc32)[C@@H](c2cnc(N3CCC(CN4CC5(C4)CN(c4ccc6c(c4)CN(C4CCC(=O)NC4=O)C6=O)C5)CC3)cn2)N1CC(C)(C)F. The average molecular weight is 773 g/mol. The van der Waals surface area contributed by atoms with Gasteiger partial charge in [-0.2, -0.15) is 0 Å². The third-order valence-corrected chi connectivity index (χ3v) is 13.8. The van der Waals surface area contributed by atoms with E-state index in [1.54, 1.807) is 18.7 Å². The van der Waals surface area contributed by atoms with Crippen molar-refractivity contribution in [3.8, 4) is 0 Å². The predicted octanol–water partition coefficient (Wildman–Crippen LogP) is 5.17. The van der Waals surface area contributed by atoms with Crippen molar-refractivity contribution in [2.75, 3.05) is 62.2 Å². The fourth-order valence-corrected chi connectivity index (χ4v) is 11.1. The van der Waals surface area contributed by atoms with Gasteiger partial charge in [-0.05, 0) is 105 Å². The summed E-state index contributed by atoms with van der Waals surface area (Å²) < 4.78 is 15.2. The van der Waals surface area contributed by atoms with Gasteiger partial charge in [0.05, 0.1) is 24.1 Å². The lowest BCUT2D eigenvalue weighted by Gasteiger charge is -2.61. The Morgan fingerprint density at radius 2 is 1.70 bits per heavy atom. The van der Waals surface area contributed by atoms with Crippen molar-refractivity contribution in [3.63, 3.8) is 0 Å². The number of fused-ring (bicyclic) bond motifs is 3. The monoisotopic (exact) mass is 772 g/mol. The number of hydrogen-bond acceptors (Lipinski definition) is 9. The quantitative estimate of drug-likeness (QED) is 0.311. The molecule has 298 valence electrons. The number of likely N-dealkylation sites (tertiary alicyclic amines) is 1. The lowest BCUT2D eigenvalue weighted by molar-refractivity contribution is -0.136. The molecule has 1 N–H and O–H groups in total. The van der Waals surface area contributed by atoms with Crippen LogP contribution in [0.2, 0.25) is 0 Å². The molecule has 2 aromatic carbocycles. The molecule has 0 saturated carbocycles. The fourth-order valence-electron chi connectivity index (χ4n) is 11.1. The van der Waals surface area contributed by atoms with Crippen LogP contribution in [0.5, 0.6) is 0 Å². The number of nitrogens with zero attached hydrogens (tertiary/aromatic N) is 7. The van der Waals surface area contributed by atoms with E-state index in [-0.39, 0.29) is 36.2 Å². The Bertz CT molecular complexity index is 2140. The number of benzene rings is 2. The van der Waals surface area contributed by atoms with Gasteiger partial charge in [0, 0.05) is 88.0 Å². The van der Waals surface area contributed by atoms with Gasteiger partial charge < -0.3 is 19.6 Å². The molecule has 4 saturated heterocycles. The zero-order chi connectivity index (χ0) is 39.2.